The van der Waals surface area contributed by atoms with Gasteiger partial charge in [-0.25, -0.2) is 14.6 Å². The second-order valence-corrected chi connectivity index (χ2v) is 5.33. The van der Waals surface area contributed by atoms with Gasteiger partial charge in [0.15, 0.2) is 0 Å². The Hall–Kier alpha value is -1.75. The Morgan fingerprint density at radius 1 is 1.42 bits per heavy atom. The van der Waals surface area contributed by atoms with Crippen molar-refractivity contribution in [3.8, 4) is 5.69 Å². The number of hydrogen-bond acceptors (Lipinski definition) is 4. The summed E-state index contributed by atoms with van der Waals surface area (Å²) in [5.41, 5.74) is 2.51. The average molecular weight is 258 g/mol. The van der Waals surface area contributed by atoms with Crippen molar-refractivity contribution in [2.75, 3.05) is 0 Å². The van der Waals surface area contributed by atoms with Gasteiger partial charge in [0.2, 0.25) is 0 Å². The van der Waals surface area contributed by atoms with Crippen LogP contribution in [0.5, 0.6) is 0 Å². The van der Waals surface area contributed by atoms with E-state index in [1.165, 1.54) is 12.8 Å². The molecular weight excluding hydrogens is 240 g/mol. The summed E-state index contributed by atoms with van der Waals surface area (Å²) < 4.78 is 1.77. The number of aromatic nitrogens is 4. The molecule has 0 radical (unpaired) electrons. The first kappa shape index (κ1) is 12.3. The molecule has 0 unspecified atom stereocenters. The molecule has 0 aliphatic heterocycles. The number of aliphatic hydroxyl groups excluding tert-OH is 1. The Morgan fingerprint density at radius 2 is 2.21 bits per heavy atom. The van der Waals surface area contributed by atoms with E-state index < -0.39 is 0 Å². The Morgan fingerprint density at radius 3 is 2.84 bits per heavy atom. The van der Waals surface area contributed by atoms with Crippen molar-refractivity contribution in [2.24, 2.45) is 0 Å². The summed E-state index contributed by atoms with van der Waals surface area (Å²) in [6, 6.07) is 2.04. The third-order valence-electron chi connectivity index (χ3n) is 3.38. The lowest BCUT2D eigenvalue weighted by molar-refractivity contribution is 0.275. The monoisotopic (exact) mass is 258 g/mol. The predicted molar refractivity (Wildman–Crippen MR) is 71.1 cm³/mol. The number of aliphatic hydroxyl groups is 1. The van der Waals surface area contributed by atoms with Gasteiger partial charge in [0.1, 0.15) is 11.5 Å². The molecule has 0 saturated heterocycles. The van der Waals surface area contributed by atoms with Crippen molar-refractivity contribution in [3.05, 3.63) is 35.7 Å². The Balaban J connectivity index is 1.97. The lowest BCUT2D eigenvalue weighted by Crippen LogP contribution is -2.08. The summed E-state index contributed by atoms with van der Waals surface area (Å²) >= 11 is 0. The molecule has 2 aromatic rings. The van der Waals surface area contributed by atoms with Crippen molar-refractivity contribution >= 4 is 0 Å². The molecule has 1 fully saturated rings. The minimum Gasteiger partial charge on any atom is -0.390 e. The van der Waals surface area contributed by atoms with E-state index in [9.17, 15) is 5.11 Å². The van der Waals surface area contributed by atoms with Crippen LogP contribution in [0.1, 0.15) is 55.7 Å². The standard InChI is InChI=1S/C14H18N4O/c1-9(2)14-15-7-13(12(8-19)16-14)18-6-5-11(17-18)10-3-4-10/h5-7,9-10,19H,3-4,8H2,1-2H3. The van der Waals surface area contributed by atoms with E-state index in [2.05, 4.69) is 15.1 Å². The molecule has 3 rings (SSSR count). The van der Waals surface area contributed by atoms with Crippen LogP contribution in [0.3, 0.4) is 0 Å². The van der Waals surface area contributed by atoms with Crippen LogP contribution in [0.25, 0.3) is 5.69 Å². The molecule has 19 heavy (non-hydrogen) atoms. The van der Waals surface area contributed by atoms with Crippen LogP contribution in [-0.2, 0) is 6.61 Å². The highest BCUT2D eigenvalue weighted by atomic mass is 16.3. The number of rotatable bonds is 4. The zero-order chi connectivity index (χ0) is 13.4. The first-order chi connectivity index (χ1) is 9.19. The molecule has 0 atom stereocenters. The summed E-state index contributed by atoms with van der Waals surface area (Å²) in [7, 11) is 0. The second-order valence-electron chi connectivity index (χ2n) is 5.33. The maximum absolute atomic E-state index is 9.48. The third-order valence-corrected chi connectivity index (χ3v) is 3.38. The molecule has 5 heteroatoms. The maximum Gasteiger partial charge on any atom is 0.131 e. The van der Waals surface area contributed by atoms with E-state index in [-0.39, 0.29) is 12.5 Å². The van der Waals surface area contributed by atoms with Gasteiger partial charge in [-0.3, -0.25) is 0 Å². The van der Waals surface area contributed by atoms with E-state index in [1.54, 1.807) is 10.9 Å². The molecule has 0 spiro atoms. The molecule has 2 aromatic heterocycles. The van der Waals surface area contributed by atoms with Crippen LogP contribution in [0.4, 0.5) is 0 Å². The molecule has 1 aliphatic carbocycles. The number of hydrogen-bond donors (Lipinski definition) is 1. The second kappa shape index (κ2) is 4.74. The highest BCUT2D eigenvalue weighted by Gasteiger charge is 2.26. The van der Waals surface area contributed by atoms with Crippen molar-refractivity contribution in [1.82, 2.24) is 19.7 Å². The van der Waals surface area contributed by atoms with E-state index >= 15 is 0 Å². The van der Waals surface area contributed by atoms with Gasteiger partial charge in [0.25, 0.3) is 0 Å². The quantitative estimate of drug-likeness (QED) is 0.912. The van der Waals surface area contributed by atoms with Crippen LogP contribution in [0.15, 0.2) is 18.5 Å². The Kier molecular flexibility index (Phi) is 3.06. The van der Waals surface area contributed by atoms with Crippen LogP contribution in [-0.4, -0.2) is 24.9 Å². The van der Waals surface area contributed by atoms with Crippen LogP contribution in [0.2, 0.25) is 0 Å². The number of nitrogens with zero attached hydrogens (tertiary/aromatic N) is 4. The summed E-state index contributed by atoms with van der Waals surface area (Å²) in [6.07, 6.45) is 6.12. The molecule has 0 amide bonds. The van der Waals surface area contributed by atoms with E-state index in [4.69, 9.17) is 0 Å². The van der Waals surface area contributed by atoms with E-state index in [0.29, 0.717) is 11.6 Å². The lowest BCUT2D eigenvalue weighted by atomic mass is 10.2. The molecular formula is C14H18N4O. The van der Waals surface area contributed by atoms with E-state index in [0.717, 1.165) is 17.2 Å². The average Bonchev–Trinajstić information content (AvgIpc) is 3.16. The predicted octanol–water partition coefficient (Wildman–Crippen LogP) is 2.16. The van der Waals surface area contributed by atoms with Gasteiger partial charge in [-0.2, -0.15) is 5.10 Å². The molecule has 100 valence electrons. The largest absolute Gasteiger partial charge is 0.390 e. The fraction of sp³-hybridized carbons (Fsp3) is 0.500. The van der Waals surface area contributed by atoms with Gasteiger partial charge < -0.3 is 5.11 Å². The molecule has 0 bridgehead atoms. The summed E-state index contributed by atoms with van der Waals surface area (Å²) in [4.78, 5) is 8.76. The first-order valence-electron chi connectivity index (χ1n) is 6.71. The molecule has 2 heterocycles. The van der Waals surface area contributed by atoms with Crippen molar-refractivity contribution in [1.29, 1.82) is 0 Å². The maximum atomic E-state index is 9.48. The van der Waals surface area contributed by atoms with E-state index in [1.807, 2.05) is 26.1 Å². The fourth-order valence-electron chi connectivity index (χ4n) is 2.08. The van der Waals surface area contributed by atoms with Crippen molar-refractivity contribution in [2.45, 2.75) is 45.1 Å². The SMILES string of the molecule is CC(C)c1ncc(-n2ccc(C3CC3)n2)c(CO)n1. The molecule has 1 saturated carbocycles. The first-order valence-corrected chi connectivity index (χ1v) is 6.71. The fourth-order valence-corrected chi connectivity index (χ4v) is 2.08. The normalized spacial score (nSPS) is 15.2. The van der Waals surface area contributed by atoms with Crippen molar-refractivity contribution < 1.29 is 5.11 Å². The summed E-state index contributed by atoms with van der Waals surface area (Å²) in [5, 5.41) is 14.0. The zero-order valence-electron chi connectivity index (χ0n) is 11.2. The zero-order valence-corrected chi connectivity index (χ0v) is 11.2. The van der Waals surface area contributed by atoms with Gasteiger partial charge in [-0.15, -0.1) is 0 Å². The lowest BCUT2D eigenvalue weighted by Gasteiger charge is -2.10. The summed E-state index contributed by atoms with van der Waals surface area (Å²) in [6.45, 7) is 3.97. The minimum absolute atomic E-state index is 0.101. The molecule has 1 aliphatic rings. The summed E-state index contributed by atoms with van der Waals surface area (Å²) in [5.74, 6) is 1.62. The highest BCUT2D eigenvalue weighted by molar-refractivity contribution is 5.34. The van der Waals surface area contributed by atoms with Gasteiger partial charge in [-0.05, 0) is 18.9 Å². The van der Waals surface area contributed by atoms with Gasteiger partial charge >= 0.3 is 0 Å². The Labute approximate surface area is 112 Å². The van der Waals surface area contributed by atoms with Crippen LogP contribution in [0, 0.1) is 0 Å². The van der Waals surface area contributed by atoms with Gasteiger partial charge in [0.05, 0.1) is 24.2 Å². The smallest absolute Gasteiger partial charge is 0.131 e. The molecule has 5 nitrogen and oxygen atoms in total. The van der Waals surface area contributed by atoms with Crippen molar-refractivity contribution in [3.63, 3.8) is 0 Å². The highest BCUT2D eigenvalue weighted by Crippen LogP contribution is 2.39. The topological polar surface area (TPSA) is 63.8 Å². The molecule has 0 aromatic carbocycles. The third kappa shape index (κ3) is 2.38. The van der Waals surface area contributed by atoms with Gasteiger partial charge in [-0.1, -0.05) is 13.8 Å². The molecule has 1 N–H and O–H groups in total. The van der Waals surface area contributed by atoms with Gasteiger partial charge in [0, 0.05) is 18.0 Å². The van der Waals surface area contributed by atoms with Crippen LogP contribution < -0.4 is 0 Å². The van der Waals surface area contributed by atoms with Crippen LogP contribution >= 0.6 is 0 Å². The minimum atomic E-state index is -0.101. The Bertz CT molecular complexity index is 587.